The van der Waals surface area contributed by atoms with Crippen molar-refractivity contribution in [1.29, 1.82) is 0 Å². The first-order chi connectivity index (χ1) is 11.6. The van der Waals surface area contributed by atoms with Gasteiger partial charge in [-0.3, -0.25) is 4.79 Å². The van der Waals surface area contributed by atoms with Gasteiger partial charge in [-0.05, 0) is 37.3 Å². The Balaban J connectivity index is 0.00000225. The molecule has 3 N–H and O–H groups in total. The first-order valence-electron chi connectivity index (χ1n) is 8.81. The molecule has 0 heterocycles. The number of carbonyl (C=O) groups excluding carboxylic acids is 1. The SMILES string of the molecule is CC(NC(=O)C1CCC(N)C1)C(c1ccccc1)c1ccccc1.Cl. The summed E-state index contributed by atoms with van der Waals surface area (Å²) in [6.07, 6.45) is 2.66. The fourth-order valence-electron chi connectivity index (χ4n) is 3.77. The molecule has 3 atom stereocenters. The highest BCUT2D eigenvalue weighted by molar-refractivity contribution is 5.85. The molecule has 1 aliphatic rings. The van der Waals surface area contributed by atoms with Crippen molar-refractivity contribution < 1.29 is 4.79 Å². The van der Waals surface area contributed by atoms with E-state index in [9.17, 15) is 4.79 Å². The molecule has 1 fully saturated rings. The first-order valence-corrected chi connectivity index (χ1v) is 8.81. The third kappa shape index (κ3) is 4.83. The Morgan fingerprint density at radius 1 is 1.00 bits per heavy atom. The molecule has 1 saturated carbocycles. The van der Waals surface area contributed by atoms with Gasteiger partial charge in [0.25, 0.3) is 0 Å². The van der Waals surface area contributed by atoms with Gasteiger partial charge in [0.15, 0.2) is 0 Å². The van der Waals surface area contributed by atoms with Crippen molar-refractivity contribution >= 4 is 18.3 Å². The second-order valence-corrected chi connectivity index (χ2v) is 6.87. The predicted molar refractivity (Wildman–Crippen MR) is 105 cm³/mol. The van der Waals surface area contributed by atoms with Gasteiger partial charge in [0.2, 0.25) is 5.91 Å². The fourth-order valence-corrected chi connectivity index (χ4v) is 3.77. The van der Waals surface area contributed by atoms with Crippen molar-refractivity contribution in [2.24, 2.45) is 11.7 Å². The number of rotatable bonds is 5. The van der Waals surface area contributed by atoms with Crippen molar-refractivity contribution in [3.8, 4) is 0 Å². The molecule has 0 saturated heterocycles. The van der Waals surface area contributed by atoms with Crippen LogP contribution in [-0.2, 0) is 4.79 Å². The third-order valence-corrected chi connectivity index (χ3v) is 5.03. The molecule has 0 radical (unpaired) electrons. The molecule has 0 spiro atoms. The molecule has 2 aromatic rings. The number of carbonyl (C=O) groups is 1. The minimum atomic E-state index is 0. The molecule has 0 aliphatic heterocycles. The molecule has 0 aromatic heterocycles. The smallest absolute Gasteiger partial charge is 0.223 e. The molecule has 1 aliphatic carbocycles. The second-order valence-electron chi connectivity index (χ2n) is 6.87. The topological polar surface area (TPSA) is 55.1 Å². The van der Waals surface area contributed by atoms with Crippen LogP contribution in [0.4, 0.5) is 0 Å². The summed E-state index contributed by atoms with van der Waals surface area (Å²) < 4.78 is 0. The van der Waals surface area contributed by atoms with Gasteiger partial charge in [0.05, 0.1) is 0 Å². The maximum absolute atomic E-state index is 12.6. The quantitative estimate of drug-likeness (QED) is 0.852. The molecule has 0 bridgehead atoms. The maximum atomic E-state index is 12.6. The third-order valence-electron chi connectivity index (χ3n) is 5.03. The minimum absolute atomic E-state index is 0. The molecule has 3 rings (SSSR count). The lowest BCUT2D eigenvalue weighted by atomic mass is 9.85. The van der Waals surface area contributed by atoms with Crippen LogP contribution in [0.1, 0.15) is 43.2 Å². The minimum Gasteiger partial charge on any atom is -0.352 e. The van der Waals surface area contributed by atoms with E-state index in [1.165, 1.54) is 11.1 Å². The maximum Gasteiger partial charge on any atom is 0.223 e. The van der Waals surface area contributed by atoms with E-state index in [-0.39, 0.29) is 42.2 Å². The van der Waals surface area contributed by atoms with E-state index in [2.05, 4.69) is 60.8 Å². The van der Waals surface area contributed by atoms with Gasteiger partial charge >= 0.3 is 0 Å². The van der Waals surface area contributed by atoms with Crippen molar-refractivity contribution in [2.45, 2.75) is 44.2 Å². The zero-order chi connectivity index (χ0) is 16.9. The Hall–Kier alpha value is -1.84. The summed E-state index contributed by atoms with van der Waals surface area (Å²) >= 11 is 0. The van der Waals surface area contributed by atoms with E-state index in [0.29, 0.717) is 0 Å². The lowest BCUT2D eigenvalue weighted by molar-refractivity contribution is -0.125. The number of amides is 1. The van der Waals surface area contributed by atoms with Gasteiger partial charge in [-0.1, -0.05) is 60.7 Å². The summed E-state index contributed by atoms with van der Waals surface area (Å²) in [5, 5.41) is 3.24. The number of nitrogens with one attached hydrogen (secondary N) is 1. The molecule has 25 heavy (non-hydrogen) atoms. The largest absolute Gasteiger partial charge is 0.352 e. The summed E-state index contributed by atoms with van der Waals surface area (Å²) in [7, 11) is 0. The van der Waals surface area contributed by atoms with Crippen LogP contribution in [0.15, 0.2) is 60.7 Å². The molecule has 4 heteroatoms. The summed E-state index contributed by atoms with van der Waals surface area (Å²) in [4.78, 5) is 12.6. The monoisotopic (exact) mass is 358 g/mol. The van der Waals surface area contributed by atoms with Gasteiger partial charge in [-0.25, -0.2) is 0 Å². The van der Waals surface area contributed by atoms with Gasteiger partial charge in [0.1, 0.15) is 0 Å². The van der Waals surface area contributed by atoms with Crippen LogP contribution in [-0.4, -0.2) is 18.0 Å². The van der Waals surface area contributed by atoms with Gasteiger partial charge in [-0.15, -0.1) is 12.4 Å². The van der Waals surface area contributed by atoms with E-state index < -0.39 is 0 Å². The number of hydrogen-bond donors (Lipinski definition) is 2. The standard InChI is InChI=1S/C21H26N2O.ClH/c1-15(23-21(24)18-12-13-19(22)14-18)20(16-8-4-2-5-9-16)17-10-6-3-7-11-17;/h2-11,15,18-20H,12-14,22H2,1H3,(H,23,24);1H. The van der Waals surface area contributed by atoms with E-state index in [0.717, 1.165) is 19.3 Å². The number of benzene rings is 2. The number of halogens is 1. The van der Waals surface area contributed by atoms with E-state index in [1.54, 1.807) is 0 Å². The van der Waals surface area contributed by atoms with Crippen molar-refractivity contribution in [3.63, 3.8) is 0 Å². The van der Waals surface area contributed by atoms with E-state index in [1.807, 2.05) is 12.1 Å². The highest BCUT2D eigenvalue weighted by Crippen LogP contribution is 2.29. The summed E-state index contributed by atoms with van der Waals surface area (Å²) in [6.45, 7) is 2.09. The van der Waals surface area contributed by atoms with Crippen LogP contribution in [0.2, 0.25) is 0 Å². The van der Waals surface area contributed by atoms with Crippen molar-refractivity contribution in [2.75, 3.05) is 0 Å². The molecule has 3 unspecified atom stereocenters. The zero-order valence-electron chi connectivity index (χ0n) is 14.6. The van der Waals surface area contributed by atoms with Crippen LogP contribution >= 0.6 is 12.4 Å². The van der Waals surface area contributed by atoms with E-state index in [4.69, 9.17) is 5.73 Å². The lowest BCUT2D eigenvalue weighted by Crippen LogP contribution is -2.40. The lowest BCUT2D eigenvalue weighted by Gasteiger charge is -2.27. The van der Waals surface area contributed by atoms with Crippen molar-refractivity contribution in [3.05, 3.63) is 71.8 Å². The average molecular weight is 359 g/mol. The normalized spacial score (nSPS) is 20.8. The fraction of sp³-hybridized carbons (Fsp3) is 0.381. The van der Waals surface area contributed by atoms with Gasteiger partial charge in [-0.2, -0.15) is 0 Å². The van der Waals surface area contributed by atoms with Gasteiger partial charge in [0, 0.05) is 23.9 Å². The highest BCUT2D eigenvalue weighted by Gasteiger charge is 2.30. The molecule has 3 nitrogen and oxygen atoms in total. The van der Waals surface area contributed by atoms with E-state index >= 15 is 0 Å². The van der Waals surface area contributed by atoms with Crippen LogP contribution in [0.3, 0.4) is 0 Å². The molecule has 134 valence electrons. The molecular weight excluding hydrogens is 332 g/mol. The average Bonchev–Trinajstić information content (AvgIpc) is 3.04. The molecular formula is C21H27ClN2O. The Kier molecular flexibility index (Phi) is 7.03. The van der Waals surface area contributed by atoms with Crippen LogP contribution in [0.5, 0.6) is 0 Å². The number of hydrogen-bond acceptors (Lipinski definition) is 2. The van der Waals surface area contributed by atoms with Crippen molar-refractivity contribution in [1.82, 2.24) is 5.32 Å². The van der Waals surface area contributed by atoms with Gasteiger partial charge < -0.3 is 11.1 Å². The number of nitrogens with two attached hydrogens (primary N) is 1. The highest BCUT2D eigenvalue weighted by atomic mass is 35.5. The van der Waals surface area contributed by atoms with Crippen LogP contribution in [0, 0.1) is 5.92 Å². The molecule has 1 amide bonds. The first kappa shape index (κ1) is 19.5. The zero-order valence-corrected chi connectivity index (χ0v) is 15.4. The second kappa shape index (κ2) is 9.02. The molecule has 2 aromatic carbocycles. The summed E-state index contributed by atoms with van der Waals surface area (Å²) in [5.74, 6) is 0.355. The Bertz CT molecular complexity index is 623. The summed E-state index contributed by atoms with van der Waals surface area (Å²) in [6, 6.07) is 21.0. The Morgan fingerprint density at radius 2 is 1.52 bits per heavy atom. The summed E-state index contributed by atoms with van der Waals surface area (Å²) in [5.41, 5.74) is 8.40. The van der Waals surface area contributed by atoms with Crippen LogP contribution < -0.4 is 11.1 Å². The van der Waals surface area contributed by atoms with Crippen LogP contribution in [0.25, 0.3) is 0 Å². The predicted octanol–water partition coefficient (Wildman–Crippen LogP) is 3.87. The Labute approximate surface area is 156 Å². The Morgan fingerprint density at radius 3 is 1.96 bits per heavy atom.